The zero-order valence-electron chi connectivity index (χ0n) is 8.73. The Balaban J connectivity index is 2.57. The van der Waals surface area contributed by atoms with E-state index in [-0.39, 0.29) is 17.1 Å². The highest BCUT2D eigenvalue weighted by molar-refractivity contribution is 6.33. The van der Waals surface area contributed by atoms with Gasteiger partial charge in [-0.2, -0.15) is 0 Å². The smallest absolute Gasteiger partial charge is 0.235 e. The van der Waals surface area contributed by atoms with Gasteiger partial charge in [0.15, 0.2) is 17.8 Å². The molecular formula is C11H8ClNO4. The second-order valence-electron chi connectivity index (χ2n) is 3.31. The first-order chi connectivity index (χ1) is 8.27. The number of hydrogen-bond acceptors (Lipinski definition) is 5. The van der Waals surface area contributed by atoms with Gasteiger partial charge in [0.2, 0.25) is 6.08 Å². The van der Waals surface area contributed by atoms with Crippen molar-refractivity contribution in [2.45, 2.75) is 6.54 Å². The highest BCUT2D eigenvalue weighted by Gasteiger charge is 2.22. The van der Waals surface area contributed by atoms with Gasteiger partial charge in [0.1, 0.15) is 13.2 Å². The summed E-state index contributed by atoms with van der Waals surface area (Å²) in [5.41, 5.74) is 0.846. The molecule has 0 amide bonds. The molecular weight excluding hydrogens is 246 g/mol. The van der Waals surface area contributed by atoms with Gasteiger partial charge in [0, 0.05) is 5.56 Å². The summed E-state index contributed by atoms with van der Waals surface area (Å²) in [5.74, 6) is 0.733. The lowest BCUT2D eigenvalue weighted by atomic mass is 10.1. The molecule has 0 saturated heterocycles. The summed E-state index contributed by atoms with van der Waals surface area (Å²) < 4.78 is 10.8. The Hall–Kier alpha value is -1.84. The molecule has 0 radical (unpaired) electrons. The lowest BCUT2D eigenvalue weighted by Crippen LogP contribution is -2.18. The van der Waals surface area contributed by atoms with E-state index in [2.05, 4.69) is 4.99 Å². The van der Waals surface area contributed by atoms with Crippen molar-refractivity contribution in [2.24, 2.45) is 4.99 Å². The third-order valence-electron chi connectivity index (χ3n) is 2.31. The van der Waals surface area contributed by atoms with Crippen molar-refractivity contribution in [3.63, 3.8) is 0 Å². The molecule has 0 bridgehead atoms. The summed E-state index contributed by atoms with van der Waals surface area (Å²) in [7, 11) is 0. The van der Waals surface area contributed by atoms with E-state index in [9.17, 15) is 9.59 Å². The number of ether oxygens (including phenoxy) is 2. The van der Waals surface area contributed by atoms with E-state index in [0.717, 1.165) is 0 Å². The largest absolute Gasteiger partial charge is 0.486 e. The molecule has 2 rings (SSSR count). The maximum Gasteiger partial charge on any atom is 0.235 e. The maximum atomic E-state index is 10.9. The van der Waals surface area contributed by atoms with Crippen LogP contribution >= 0.6 is 11.6 Å². The third kappa shape index (κ3) is 2.16. The molecule has 5 nitrogen and oxygen atoms in total. The molecule has 1 aromatic carbocycles. The summed E-state index contributed by atoms with van der Waals surface area (Å²) in [4.78, 5) is 24.5. The van der Waals surface area contributed by atoms with E-state index in [1.54, 1.807) is 6.07 Å². The van der Waals surface area contributed by atoms with Crippen molar-refractivity contribution in [1.29, 1.82) is 0 Å². The van der Waals surface area contributed by atoms with Crippen molar-refractivity contribution in [3.8, 4) is 11.5 Å². The van der Waals surface area contributed by atoms with Crippen LogP contribution in [0.25, 0.3) is 0 Å². The second-order valence-corrected chi connectivity index (χ2v) is 3.72. The summed E-state index contributed by atoms with van der Waals surface area (Å²) in [6.45, 7) is 0.823. The second kappa shape index (κ2) is 4.99. The maximum absolute atomic E-state index is 10.9. The van der Waals surface area contributed by atoms with Crippen LogP contribution in [-0.4, -0.2) is 25.6 Å². The van der Waals surface area contributed by atoms with Crippen LogP contribution in [0.5, 0.6) is 11.5 Å². The van der Waals surface area contributed by atoms with Gasteiger partial charge in [-0.3, -0.25) is 4.79 Å². The van der Waals surface area contributed by atoms with Crippen LogP contribution in [0.1, 0.15) is 15.9 Å². The summed E-state index contributed by atoms with van der Waals surface area (Å²) >= 11 is 5.94. The molecule has 1 aliphatic rings. The van der Waals surface area contributed by atoms with Crippen molar-refractivity contribution in [3.05, 3.63) is 22.2 Å². The van der Waals surface area contributed by atoms with Gasteiger partial charge in [-0.1, -0.05) is 11.6 Å². The van der Waals surface area contributed by atoms with Crippen LogP contribution in [0.15, 0.2) is 11.1 Å². The number of hydrogen-bond donors (Lipinski definition) is 0. The quantitative estimate of drug-likeness (QED) is 0.468. The highest BCUT2D eigenvalue weighted by atomic mass is 35.5. The fraction of sp³-hybridized carbons (Fsp3) is 0.273. The number of halogens is 1. The average Bonchev–Trinajstić information content (AvgIpc) is 2.36. The molecule has 0 aromatic heterocycles. The molecule has 0 atom stereocenters. The standard InChI is InChI=1S/C11H8ClNO4/c12-9-3-7(4-13-6-15)10-11(8(9)5-14)17-2-1-16-10/h3,5H,1-2,4H2. The number of aldehydes is 1. The zero-order valence-corrected chi connectivity index (χ0v) is 9.49. The molecule has 1 heterocycles. The minimum atomic E-state index is 0.0913. The van der Waals surface area contributed by atoms with Crippen LogP contribution in [-0.2, 0) is 11.3 Å². The Morgan fingerprint density at radius 2 is 2.12 bits per heavy atom. The van der Waals surface area contributed by atoms with E-state index in [1.165, 1.54) is 6.08 Å². The molecule has 88 valence electrons. The van der Waals surface area contributed by atoms with Gasteiger partial charge in [0.05, 0.1) is 17.1 Å². The molecule has 1 aliphatic heterocycles. The number of carbonyl (C=O) groups excluding carboxylic acids is 2. The van der Waals surface area contributed by atoms with E-state index in [0.29, 0.717) is 36.6 Å². The van der Waals surface area contributed by atoms with Gasteiger partial charge in [-0.05, 0) is 6.07 Å². The van der Waals surface area contributed by atoms with Crippen molar-refractivity contribution < 1.29 is 19.1 Å². The van der Waals surface area contributed by atoms with Gasteiger partial charge in [-0.15, -0.1) is 0 Å². The molecule has 6 heteroatoms. The molecule has 0 unspecified atom stereocenters. The van der Waals surface area contributed by atoms with Gasteiger partial charge >= 0.3 is 0 Å². The number of carbonyl (C=O) groups is 1. The molecule has 0 fully saturated rings. The lowest BCUT2D eigenvalue weighted by molar-refractivity contribution is 0.111. The molecule has 0 N–H and O–H groups in total. The summed E-state index contributed by atoms with van der Waals surface area (Å²) in [6.07, 6.45) is 2.05. The molecule has 0 spiro atoms. The van der Waals surface area contributed by atoms with Crippen LogP contribution < -0.4 is 9.47 Å². The number of aliphatic imine (C=N–C) groups is 1. The molecule has 17 heavy (non-hydrogen) atoms. The summed E-state index contributed by atoms with van der Waals surface area (Å²) in [5, 5.41) is 0.250. The Bertz CT molecular complexity index is 509. The van der Waals surface area contributed by atoms with Crippen LogP contribution in [0.2, 0.25) is 5.02 Å². The Morgan fingerprint density at radius 1 is 1.41 bits per heavy atom. The SMILES string of the molecule is O=C=NCc1cc(Cl)c(C=O)c2c1OCCO2. The van der Waals surface area contributed by atoms with E-state index in [1.807, 2.05) is 0 Å². The highest BCUT2D eigenvalue weighted by Crippen LogP contribution is 2.40. The predicted molar refractivity (Wildman–Crippen MR) is 59.7 cm³/mol. The number of isocyanates is 1. The number of fused-ring (bicyclic) bond motifs is 1. The fourth-order valence-electron chi connectivity index (χ4n) is 1.61. The molecule has 0 saturated carbocycles. The van der Waals surface area contributed by atoms with E-state index >= 15 is 0 Å². The average molecular weight is 254 g/mol. The van der Waals surface area contributed by atoms with E-state index < -0.39 is 0 Å². The Labute approximate surface area is 102 Å². The van der Waals surface area contributed by atoms with E-state index in [4.69, 9.17) is 21.1 Å². The number of rotatable bonds is 3. The molecule has 1 aromatic rings. The topological polar surface area (TPSA) is 65.0 Å². The third-order valence-corrected chi connectivity index (χ3v) is 2.62. The predicted octanol–water partition coefficient (Wildman–Crippen LogP) is 1.76. The van der Waals surface area contributed by atoms with Crippen molar-refractivity contribution in [2.75, 3.05) is 13.2 Å². The first-order valence-electron chi connectivity index (χ1n) is 4.87. The summed E-state index contributed by atoms with van der Waals surface area (Å²) in [6, 6.07) is 1.54. The van der Waals surface area contributed by atoms with Crippen molar-refractivity contribution >= 4 is 24.0 Å². The van der Waals surface area contributed by atoms with Gasteiger partial charge < -0.3 is 9.47 Å². The van der Waals surface area contributed by atoms with Crippen molar-refractivity contribution in [1.82, 2.24) is 0 Å². The van der Waals surface area contributed by atoms with Crippen LogP contribution in [0.4, 0.5) is 0 Å². The number of nitrogens with zero attached hydrogens (tertiary/aromatic N) is 1. The minimum absolute atomic E-state index is 0.0913. The minimum Gasteiger partial charge on any atom is -0.486 e. The zero-order chi connectivity index (χ0) is 12.3. The molecule has 0 aliphatic carbocycles. The first kappa shape index (κ1) is 11.6. The Morgan fingerprint density at radius 3 is 2.76 bits per heavy atom. The monoisotopic (exact) mass is 253 g/mol. The van der Waals surface area contributed by atoms with Gasteiger partial charge in [-0.25, -0.2) is 9.79 Å². The number of benzene rings is 1. The lowest BCUT2D eigenvalue weighted by Gasteiger charge is -2.22. The normalized spacial score (nSPS) is 12.8. The van der Waals surface area contributed by atoms with Gasteiger partial charge in [0.25, 0.3) is 0 Å². The fourth-order valence-corrected chi connectivity index (χ4v) is 1.87. The Kier molecular flexibility index (Phi) is 3.42. The van der Waals surface area contributed by atoms with Crippen LogP contribution in [0, 0.1) is 0 Å². The van der Waals surface area contributed by atoms with Crippen LogP contribution in [0.3, 0.4) is 0 Å². The first-order valence-corrected chi connectivity index (χ1v) is 5.25.